The summed E-state index contributed by atoms with van der Waals surface area (Å²) in [6.45, 7) is 0. The highest BCUT2D eigenvalue weighted by atomic mass is 35.5. The lowest BCUT2D eigenvalue weighted by Crippen LogP contribution is -2.16. The molecule has 3 rings (SSSR count). The van der Waals surface area contributed by atoms with Gasteiger partial charge in [-0.15, -0.1) is 34.5 Å². The number of carbonyl (C=O) groups excluding carboxylic acids is 2. The number of hydrogen-bond acceptors (Lipinski definition) is 6. The second kappa shape index (κ2) is 6.47. The van der Waals surface area contributed by atoms with E-state index in [0.717, 1.165) is 14.6 Å². The zero-order valence-corrected chi connectivity index (χ0v) is 15.1. The van der Waals surface area contributed by atoms with Gasteiger partial charge in [0.05, 0.1) is 29.0 Å². The Morgan fingerprint density at radius 2 is 2.26 bits per heavy atom. The standard InChI is InChI=1S/C14H12Cl2N2O3S2/c1-21-11(19)6-22-13-18-9-3-2-7(4-10(9)23-13)17-12(20)8-5-14(8,15)16/h2-4,8H,5-6H2,1H3,(H,17,20). The van der Waals surface area contributed by atoms with Crippen molar-refractivity contribution in [3.8, 4) is 0 Å². The summed E-state index contributed by atoms with van der Waals surface area (Å²) in [7, 11) is 1.35. The van der Waals surface area contributed by atoms with Crippen LogP contribution in [-0.4, -0.2) is 34.1 Å². The molecule has 1 atom stereocenters. The van der Waals surface area contributed by atoms with Gasteiger partial charge < -0.3 is 10.1 Å². The summed E-state index contributed by atoms with van der Waals surface area (Å²) in [6.07, 6.45) is 0.471. The Bertz CT molecular complexity index is 778. The first-order valence-electron chi connectivity index (χ1n) is 6.68. The van der Waals surface area contributed by atoms with E-state index in [4.69, 9.17) is 23.2 Å². The average Bonchev–Trinajstić information content (AvgIpc) is 2.97. The lowest BCUT2D eigenvalue weighted by Gasteiger charge is -2.04. The predicted molar refractivity (Wildman–Crippen MR) is 93.5 cm³/mol. The number of anilines is 1. The van der Waals surface area contributed by atoms with Gasteiger partial charge in [-0.05, 0) is 24.6 Å². The van der Waals surface area contributed by atoms with Crippen molar-refractivity contribution in [2.75, 3.05) is 18.2 Å². The third-order valence-corrected chi connectivity index (χ3v) is 6.29. The number of benzene rings is 1. The summed E-state index contributed by atoms with van der Waals surface area (Å²) in [4.78, 5) is 27.6. The van der Waals surface area contributed by atoms with Crippen LogP contribution < -0.4 is 5.32 Å². The molecule has 0 bridgehead atoms. The summed E-state index contributed by atoms with van der Waals surface area (Å²) in [5, 5.41) is 2.81. The minimum Gasteiger partial charge on any atom is -0.468 e. The third kappa shape index (κ3) is 3.91. The smallest absolute Gasteiger partial charge is 0.316 e. The number of esters is 1. The SMILES string of the molecule is COC(=O)CSc1nc2ccc(NC(=O)C3CC3(Cl)Cl)cc2s1. The summed E-state index contributed by atoms with van der Waals surface area (Å²) in [5.74, 6) is -0.625. The maximum absolute atomic E-state index is 12.0. The number of aromatic nitrogens is 1. The van der Waals surface area contributed by atoms with Gasteiger partial charge in [0.1, 0.15) is 4.33 Å². The Labute approximate surface area is 150 Å². The highest BCUT2D eigenvalue weighted by Gasteiger charge is 2.56. The number of nitrogens with one attached hydrogen (secondary N) is 1. The third-order valence-electron chi connectivity index (χ3n) is 3.32. The van der Waals surface area contributed by atoms with Gasteiger partial charge in [0.15, 0.2) is 4.34 Å². The zero-order valence-electron chi connectivity index (χ0n) is 12.0. The normalized spacial score (nSPS) is 18.7. The fourth-order valence-electron chi connectivity index (χ4n) is 1.95. The first-order chi connectivity index (χ1) is 10.9. The molecule has 0 radical (unpaired) electrons. The molecule has 0 spiro atoms. The van der Waals surface area contributed by atoms with E-state index >= 15 is 0 Å². The molecule has 1 saturated carbocycles. The number of methoxy groups -OCH3 is 1. The molecule has 9 heteroatoms. The van der Waals surface area contributed by atoms with Crippen LogP contribution in [0, 0.1) is 5.92 Å². The molecule has 1 aromatic carbocycles. The first kappa shape index (κ1) is 16.8. The number of rotatable bonds is 5. The Morgan fingerprint density at radius 3 is 2.91 bits per heavy atom. The van der Waals surface area contributed by atoms with Crippen molar-refractivity contribution in [3.63, 3.8) is 0 Å². The van der Waals surface area contributed by atoms with E-state index in [9.17, 15) is 9.59 Å². The minimum atomic E-state index is -0.934. The van der Waals surface area contributed by atoms with Crippen LogP contribution in [-0.2, 0) is 14.3 Å². The summed E-state index contributed by atoms with van der Waals surface area (Å²) >= 11 is 14.6. The highest BCUT2D eigenvalue weighted by Crippen LogP contribution is 2.53. The molecular formula is C14H12Cl2N2O3S2. The fraction of sp³-hybridized carbons (Fsp3) is 0.357. The van der Waals surface area contributed by atoms with Crippen molar-refractivity contribution < 1.29 is 14.3 Å². The monoisotopic (exact) mass is 390 g/mol. The van der Waals surface area contributed by atoms with Gasteiger partial charge in [0.2, 0.25) is 5.91 Å². The number of carbonyl (C=O) groups is 2. The largest absolute Gasteiger partial charge is 0.468 e. The quantitative estimate of drug-likeness (QED) is 0.478. The lowest BCUT2D eigenvalue weighted by molar-refractivity contribution is -0.137. The van der Waals surface area contributed by atoms with Crippen molar-refractivity contribution in [3.05, 3.63) is 18.2 Å². The molecule has 1 N–H and O–H groups in total. The Morgan fingerprint density at radius 1 is 1.52 bits per heavy atom. The van der Waals surface area contributed by atoms with Gasteiger partial charge in [-0.1, -0.05) is 11.8 Å². The zero-order chi connectivity index (χ0) is 16.6. The average molecular weight is 391 g/mol. The molecule has 0 aliphatic heterocycles. The van der Waals surface area contributed by atoms with Crippen LogP contribution in [0.2, 0.25) is 0 Å². The number of halogens is 2. The van der Waals surface area contributed by atoms with E-state index in [1.54, 1.807) is 6.07 Å². The van der Waals surface area contributed by atoms with Gasteiger partial charge in [0, 0.05) is 5.69 Å². The molecule has 1 aromatic heterocycles. The molecule has 1 aliphatic carbocycles. The molecule has 0 saturated heterocycles. The molecule has 122 valence electrons. The van der Waals surface area contributed by atoms with Crippen molar-refractivity contribution >= 4 is 74.1 Å². The van der Waals surface area contributed by atoms with Crippen LogP contribution in [0.15, 0.2) is 22.5 Å². The molecule has 1 aliphatic rings. The van der Waals surface area contributed by atoms with Gasteiger partial charge in [-0.3, -0.25) is 9.59 Å². The fourth-order valence-corrected chi connectivity index (χ4v) is 4.40. The van der Waals surface area contributed by atoms with E-state index in [-0.39, 0.29) is 23.5 Å². The van der Waals surface area contributed by atoms with Crippen LogP contribution >= 0.6 is 46.3 Å². The van der Waals surface area contributed by atoms with Gasteiger partial charge in [-0.2, -0.15) is 0 Å². The van der Waals surface area contributed by atoms with Crippen LogP contribution in [0.3, 0.4) is 0 Å². The number of ether oxygens (including phenoxy) is 1. The second-order valence-corrected chi connectivity index (χ2v) is 8.83. The van der Waals surface area contributed by atoms with E-state index in [1.807, 2.05) is 12.1 Å². The summed E-state index contributed by atoms with van der Waals surface area (Å²) < 4.78 is 5.37. The lowest BCUT2D eigenvalue weighted by atomic mass is 10.3. The van der Waals surface area contributed by atoms with Gasteiger partial charge in [-0.25, -0.2) is 4.98 Å². The number of amides is 1. The number of nitrogens with zero attached hydrogens (tertiary/aromatic N) is 1. The second-order valence-electron chi connectivity index (χ2n) is 5.03. The van der Waals surface area contributed by atoms with Crippen molar-refractivity contribution in [2.24, 2.45) is 5.92 Å². The summed E-state index contributed by atoms with van der Waals surface area (Å²) in [6, 6.07) is 5.45. The molecule has 2 aromatic rings. The van der Waals surface area contributed by atoms with Crippen molar-refractivity contribution in [1.29, 1.82) is 0 Å². The maximum Gasteiger partial charge on any atom is 0.316 e. The summed E-state index contributed by atoms with van der Waals surface area (Å²) in [5.41, 5.74) is 1.49. The van der Waals surface area contributed by atoms with Crippen LogP contribution in [0.5, 0.6) is 0 Å². The van der Waals surface area contributed by atoms with Crippen molar-refractivity contribution in [2.45, 2.75) is 15.1 Å². The van der Waals surface area contributed by atoms with E-state index in [0.29, 0.717) is 12.1 Å². The van der Waals surface area contributed by atoms with E-state index in [2.05, 4.69) is 15.0 Å². The van der Waals surface area contributed by atoms with Crippen LogP contribution in [0.1, 0.15) is 6.42 Å². The van der Waals surface area contributed by atoms with Gasteiger partial charge >= 0.3 is 5.97 Å². The Balaban J connectivity index is 1.69. The number of fused-ring (bicyclic) bond motifs is 1. The molecule has 1 heterocycles. The number of alkyl halides is 2. The van der Waals surface area contributed by atoms with E-state index in [1.165, 1.54) is 30.2 Å². The van der Waals surface area contributed by atoms with Crippen LogP contribution in [0.25, 0.3) is 10.2 Å². The molecule has 1 fully saturated rings. The molecule has 5 nitrogen and oxygen atoms in total. The maximum atomic E-state index is 12.0. The Kier molecular flexibility index (Phi) is 4.73. The highest BCUT2D eigenvalue weighted by molar-refractivity contribution is 8.01. The first-order valence-corrected chi connectivity index (χ1v) is 9.24. The van der Waals surface area contributed by atoms with Gasteiger partial charge in [0.25, 0.3) is 0 Å². The Hall–Kier alpha value is -1.02. The number of thiazole rings is 1. The number of hydrogen-bond donors (Lipinski definition) is 1. The molecular weight excluding hydrogens is 379 g/mol. The molecule has 1 amide bonds. The van der Waals surface area contributed by atoms with Crippen molar-refractivity contribution in [1.82, 2.24) is 4.98 Å². The predicted octanol–water partition coefficient (Wildman–Crippen LogP) is 3.69. The molecule has 23 heavy (non-hydrogen) atoms. The topological polar surface area (TPSA) is 68.3 Å². The van der Waals surface area contributed by atoms with E-state index < -0.39 is 4.33 Å². The number of thioether (sulfide) groups is 1. The molecule has 1 unspecified atom stereocenters. The van der Waals surface area contributed by atoms with Crippen LogP contribution in [0.4, 0.5) is 5.69 Å². The minimum absolute atomic E-state index is 0.181.